The summed E-state index contributed by atoms with van der Waals surface area (Å²) in [5.74, 6) is 1.51. The van der Waals surface area contributed by atoms with Gasteiger partial charge in [0, 0.05) is 0 Å². The molecule has 1 aromatic rings. The average Bonchev–Trinajstić information content (AvgIpc) is 2.19. The Morgan fingerprint density at radius 1 is 1.12 bits per heavy atom. The summed E-state index contributed by atoms with van der Waals surface area (Å²) in [6.45, 7) is 11.4. The smallest absolute Gasteiger partial charge is 0.00173 e. The Morgan fingerprint density at radius 3 is 2.31 bits per heavy atom. The van der Waals surface area contributed by atoms with Crippen LogP contribution >= 0.6 is 0 Å². The van der Waals surface area contributed by atoms with Crippen molar-refractivity contribution in [1.82, 2.24) is 5.32 Å². The number of benzene rings is 1. The molecule has 88 valence electrons. The minimum atomic E-state index is 0.752. The van der Waals surface area contributed by atoms with Crippen molar-refractivity contribution in [3.8, 4) is 0 Å². The molecule has 1 aliphatic heterocycles. The van der Waals surface area contributed by atoms with E-state index in [-0.39, 0.29) is 0 Å². The van der Waals surface area contributed by atoms with Crippen molar-refractivity contribution in [2.75, 3.05) is 13.1 Å². The molecule has 2 unspecified atom stereocenters. The van der Waals surface area contributed by atoms with E-state index in [1.165, 1.54) is 29.7 Å². The van der Waals surface area contributed by atoms with Gasteiger partial charge in [-0.1, -0.05) is 24.6 Å². The highest BCUT2D eigenvalue weighted by Gasteiger charge is 2.25. The normalized spacial score (nSPS) is 25.8. The molecular weight excluding hydrogens is 194 g/mol. The van der Waals surface area contributed by atoms with E-state index in [9.17, 15) is 0 Å². The molecule has 0 bridgehead atoms. The van der Waals surface area contributed by atoms with E-state index in [2.05, 4.69) is 45.1 Å². The Balaban J connectivity index is 2.38. The van der Waals surface area contributed by atoms with Crippen LogP contribution in [0.1, 0.15) is 41.5 Å². The molecule has 2 atom stereocenters. The van der Waals surface area contributed by atoms with Crippen LogP contribution in [0.4, 0.5) is 0 Å². The summed E-state index contributed by atoms with van der Waals surface area (Å²) < 4.78 is 0. The molecule has 0 saturated carbocycles. The van der Waals surface area contributed by atoms with Crippen LogP contribution in [0.3, 0.4) is 0 Å². The SMILES string of the molecule is Cc1cc(C)c(C2CCNCC2C)c(C)c1. The Morgan fingerprint density at radius 2 is 1.75 bits per heavy atom. The highest BCUT2D eigenvalue weighted by atomic mass is 14.9. The highest BCUT2D eigenvalue weighted by molar-refractivity contribution is 5.40. The lowest BCUT2D eigenvalue weighted by Gasteiger charge is -2.32. The summed E-state index contributed by atoms with van der Waals surface area (Å²) in [6.07, 6.45) is 1.28. The summed E-state index contributed by atoms with van der Waals surface area (Å²) >= 11 is 0. The van der Waals surface area contributed by atoms with Gasteiger partial charge in [0.2, 0.25) is 0 Å². The lowest BCUT2D eigenvalue weighted by atomic mass is 9.78. The molecular formula is C15H23N. The second kappa shape index (κ2) is 4.58. The number of hydrogen-bond donors (Lipinski definition) is 1. The predicted octanol–water partition coefficient (Wildman–Crippen LogP) is 3.32. The zero-order chi connectivity index (χ0) is 11.7. The van der Waals surface area contributed by atoms with Crippen LogP contribution in [0.15, 0.2) is 12.1 Å². The third-order valence-electron chi connectivity index (χ3n) is 3.89. The first-order valence-corrected chi connectivity index (χ1v) is 6.38. The van der Waals surface area contributed by atoms with E-state index in [0.29, 0.717) is 0 Å². The summed E-state index contributed by atoms with van der Waals surface area (Å²) in [5.41, 5.74) is 5.97. The van der Waals surface area contributed by atoms with E-state index < -0.39 is 0 Å². The molecule has 1 N–H and O–H groups in total. The lowest BCUT2D eigenvalue weighted by molar-refractivity contribution is 0.347. The van der Waals surface area contributed by atoms with Crippen molar-refractivity contribution in [2.45, 2.75) is 40.0 Å². The van der Waals surface area contributed by atoms with Gasteiger partial charge in [0.05, 0.1) is 0 Å². The van der Waals surface area contributed by atoms with Gasteiger partial charge in [0.15, 0.2) is 0 Å². The maximum Gasteiger partial charge on any atom is -0.00173 e. The molecule has 0 amide bonds. The zero-order valence-corrected chi connectivity index (χ0v) is 10.9. The molecule has 16 heavy (non-hydrogen) atoms. The first-order valence-electron chi connectivity index (χ1n) is 6.38. The van der Waals surface area contributed by atoms with Crippen LogP contribution in [0.2, 0.25) is 0 Å². The Labute approximate surface area is 99.3 Å². The molecule has 0 spiro atoms. The highest BCUT2D eigenvalue weighted by Crippen LogP contribution is 2.34. The van der Waals surface area contributed by atoms with E-state index in [0.717, 1.165) is 18.4 Å². The molecule has 1 heteroatoms. The van der Waals surface area contributed by atoms with Crippen LogP contribution in [-0.4, -0.2) is 13.1 Å². The molecule has 1 heterocycles. The van der Waals surface area contributed by atoms with Gasteiger partial charge >= 0.3 is 0 Å². The molecule has 0 radical (unpaired) electrons. The Hall–Kier alpha value is -0.820. The van der Waals surface area contributed by atoms with Gasteiger partial charge < -0.3 is 5.32 Å². The molecule has 1 aliphatic rings. The van der Waals surface area contributed by atoms with Gasteiger partial charge in [-0.3, -0.25) is 0 Å². The van der Waals surface area contributed by atoms with Crippen molar-refractivity contribution < 1.29 is 0 Å². The first kappa shape index (κ1) is 11.7. The fourth-order valence-electron chi connectivity index (χ4n) is 3.22. The number of rotatable bonds is 1. The molecule has 1 saturated heterocycles. The summed E-state index contributed by atoms with van der Waals surface area (Å²) in [7, 11) is 0. The topological polar surface area (TPSA) is 12.0 Å². The van der Waals surface area contributed by atoms with Crippen molar-refractivity contribution in [3.63, 3.8) is 0 Å². The van der Waals surface area contributed by atoms with Crippen LogP contribution in [0.25, 0.3) is 0 Å². The van der Waals surface area contributed by atoms with Crippen molar-refractivity contribution in [3.05, 3.63) is 34.4 Å². The van der Waals surface area contributed by atoms with Crippen molar-refractivity contribution in [1.29, 1.82) is 0 Å². The van der Waals surface area contributed by atoms with Crippen molar-refractivity contribution >= 4 is 0 Å². The lowest BCUT2D eigenvalue weighted by Crippen LogP contribution is -2.34. The van der Waals surface area contributed by atoms with E-state index >= 15 is 0 Å². The first-order chi connectivity index (χ1) is 7.59. The maximum atomic E-state index is 3.48. The predicted molar refractivity (Wildman–Crippen MR) is 70.0 cm³/mol. The number of hydrogen-bond acceptors (Lipinski definition) is 1. The molecule has 1 aromatic carbocycles. The number of piperidine rings is 1. The van der Waals surface area contributed by atoms with E-state index in [4.69, 9.17) is 0 Å². The standard InChI is InChI=1S/C15H23N/c1-10-7-11(2)15(12(3)8-10)14-5-6-16-9-13(14)4/h7-8,13-14,16H,5-6,9H2,1-4H3. The van der Waals surface area contributed by atoms with Crippen molar-refractivity contribution in [2.24, 2.45) is 5.92 Å². The maximum absolute atomic E-state index is 3.48. The van der Waals surface area contributed by atoms with Crippen LogP contribution in [-0.2, 0) is 0 Å². The Bertz CT molecular complexity index is 358. The second-order valence-corrected chi connectivity index (χ2v) is 5.39. The van der Waals surface area contributed by atoms with Crippen LogP contribution in [0.5, 0.6) is 0 Å². The third kappa shape index (κ3) is 2.15. The molecule has 1 nitrogen and oxygen atoms in total. The van der Waals surface area contributed by atoms with Gasteiger partial charge in [0.25, 0.3) is 0 Å². The molecule has 0 aromatic heterocycles. The van der Waals surface area contributed by atoms with Gasteiger partial charge in [-0.15, -0.1) is 0 Å². The largest absolute Gasteiger partial charge is 0.316 e. The number of nitrogens with one attached hydrogen (secondary N) is 1. The fourth-order valence-corrected chi connectivity index (χ4v) is 3.22. The van der Waals surface area contributed by atoms with Gasteiger partial charge in [-0.25, -0.2) is 0 Å². The van der Waals surface area contributed by atoms with E-state index in [1.54, 1.807) is 5.56 Å². The molecule has 1 fully saturated rings. The minimum absolute atomic E-state index is 0.752. The molecule has 0 aliphatic carbocycles. The zero-order valence-electron chi connectivity index (χ0n) is 10.9. The number of aryl methyl sites for hydroxylation is 3. The third-order valence-corrected chi connectivity index (χ3v) is 3.89. The quantitative estimate of drug-likeness (QED) is 0.761. The second-order valence-electron chi connectivity index (χ2n) is 5.39. The van der Waals surface area contributed by atoms with Crippen LogP contribution < -0.4 is 5.32 Å². The summed E-state index contributed by atoms with van der Waals surface area (Å²) in [5, 5.41) is 3.48. The van der Waals surface area contributed by atoms with Crippen LogP contribution in [0, 0.1) is 26.7 Å². The monoisotopic (exact) mass is 217 g/mol. The Kier molecular flexibility index (Phi) is 3.34. The minimum Gasteiger partial charge on any atom is -0.316 e. The van der Waals surface area contributed by atoms with Gasteiger partial charge in [0.1, 0.15) is 0 Å². The average molecular weight is 217 g/mol. The summed E-state index contributed by atoms with van der Waals surface area (Å²) in [6, 6.07) is 4.66. The summed E-state index contributed by atoms with van der Waals surface area (Å²) in [4.78, 5) is 0. The van der Waals surface area contributed by atoms with Gasteiger partial charge in [-0.2, -0.15) is 0 Å². The fraction of sp³-hybridized carbons (Fsp3) is 0.600. The van der Waals surface area contributed by atoms with E-state index in [1.807, 2.05) is 0 Å². The molecule has 2 rings (SSSR count). The van der Waals surface area contributed by atoms with Gasteiger partial charge in [-0.05, 0) is 68.8 Å².